The smallest absolute Gasteiger partial charge is 0.338 e. The fourth-order valence-corrected chi connectivity index (χ4v) is 3.80. The van der Waals surface area contributed by atoms with Crippen LogP contribution in [-0.4, -0.2) is 36.1 Å². The van der Waals surface area contributed by atoms with Crippen LogP contribution in [0.2, 0.25) is 4.34 Å². The second-order valence-corrected chi connectivity index (χ2v) is 6.03. The van der Waals surface area contributed by atoms with Crippen LogP contribution in [-0.2, 0) is 12.8 Å². The first-order valence-corrected chi connectivity index (χ1v) is 6.40. The van der Waals surface area contributed by atoms with E-state index in [4.69, 9.17) is 16.7 Å². The van der Waals surface area contributed by atoms with Gasteiger partial charge in [-0.3, -0.25) is 0 Å². The molecule has 3 nitrogen and oxygen atoms in total. The second-order valence-electron chi connectivity index (χ2n) is 4.32. The van der Waals surface area contributed by atoms with Crippen LogP contribution in [0.4, 0.5) is 0 Å². The number of aromatic carboxylic acids is 1. The predicted molar refractivity (Wildman–Crippen MR) is 65.8 cm³/mol. The molecule has 0 saturated heterocycles. The van der Waals surface area contributed by atoms with Crippen LogP contribution >= 0.6 is 22.9 Å². The molecule has 1 aromatic heterocycles. The number of carboxylic acid groups (broad SMARTS) is 1. The van der Waals surface area contributed by atoms with Crippen LogP contribution in [0, 0.1) is 0 Å². The van der Waals surface area contributed by atoms with Crippen molar-refractivity contribution in [1.82, 2.24) is 4.90 Å². The first-order chi connectivity index (χ1) is 7.50. The van der Waals surface area contributed by atoms with Gasteiger partial charge in [-0.2, -0.15) is 0 Å². The lowest BCUT2D eigenvalue weighted by atomic mass is 9.91. The van der Waals surface area contributed by atoms with Gasteiger partial charge in [-0.1, -0.05) is 11.6 Å². The van der Waals surface area contributed by atoms with Crippen molar-refractivity contribution in [2.45, 2.75) is 25.3 Å². The number of carbonyl (C=O) groups is 1. The number of rotatable bonds is 2. The largest absolute Gasteiger partial charge is 0.478 e. The molecule has 16 heavy (non-hydrogen) atoms. The molecule has 0 aliphatic heterocycles. The summed E-state index contributed by atoms with van der Waals surface area (Å²) in [5, 5.41) is 9.10. The highest BCUT2D eigenvalue weighted by molar-refractivity contribution is 7.16. The Bertz CT molecular complexity index is 428. The molecule has 1 atom stereocenters. The van der Waals surface area contributed by atoms with Gasteiger partial charge in [-0.15, -0.1) is 11.3 Å². The quantitative estimate of drug-likeness (QED) is 0.887. The van der Waals surface area contributed by atoms with Crippen molar-refractivity contribution in [3.8, 4) is 0 Å². The minimum Gasteiger partial charge on any atom is -0.478 e. The molecule has 0 aromatic carbocycles. The Labute approximate surface area is 104 Å². The molecule has 0 bridgehead atoms. The normalized spacial score (nSPS) is 19.9. The van der Waals surface area contributed by atoms with E-state index < -0.39 is 5.97 Å². The highest BCUT2D eigenvalue weighted by Gasteiger charge is 2.28. The van der Waals surface area contributed by atoms with E-state index in [0.717, 1.165) is 29.7 Å². The Morgan fingerprint density at radius 3 is 2.81 bits per heavy atom. The van der Waals surface area contributed by atoms with Gasteiger partial charge in [0.25, 0.3) is 0 Å². The maximum Gasteiger partial charge on any atom is 0.338 e. The molecular formula is C11H14ClNO2S. The first-order valence-electron chi connectivity index (χ1n) is 5.20. The molecule has 0 fully saturated rings. The minimum absolute atomic E-state index is 0.332. The van der Waals surface area contributed by atoms with Gasteiger partial charge >= 0.3 is 5.97 Å². The van der Waals surface area contributed by atoms with E-state index in [1.54, 1.807) is 0 Å². The lowest BCUT2D eigenvalue weighted by molar-refractivity contribution is 0.0696. The van der Waals surface area contributed by atoms with Crippen molar-refractivity contribution in [2.24, 2.45) is 0 Å². The van der Waals surface area contributed by atoms with Crippen molar-refractivity contribution in [2.75, 3.05) is 14.1 Å². The SMILES string of the molecule is CN(C)C1CCc2c(sc(Cl)c2C(=O)O)C1. The lowest BCUT2D eigenvalue weighted by Crippen LogP contribution is -2.33. The summed E-state index contributed by atoms with van der Waals surface area (Å²) in [5.74, 6) is -0.897. The Morgan fingerprint density at radius 1 is 1.56 bits per heavy atom. The average molecular weight is 260 g/mol. The Morgan fingerprint density at radius 2 is 2.25 bits per heavy atom. The van der Waals surface area contributed by atoms with Gasteiger partial charge in [0, 0.05) is 10.9 Å². The van der Waals surface area contributed by atoms with E-state index >= 15 is 0 Å². The van der Waals surface area contributed by atoms with Gasteiger partial charge in [-0.25, -0.2) is 4.79 Å². The molecule has 0 saturated carbocycles. The number of hydrogen-bond donors (Lipinski definition) is 1. The van der Waals surface area contributed by atoms with Crippen molar-refractivity contribution >= 4 is 28.9 Å². The van der Waals surface area contributed by atoms with Crippen LogP contribution in [0.5, 0.6) is 0 Å². The van der Waals surface area contributed by atoms with E-state index in [2.05, 4.69) is 19.0 Å². The Kier molecular flexibility index (Phi) is 3.24. The summed E-state index contributed by atoms with van der Waals surface area (Å²) in [5.41, 5.74) is 1.29. The third-order valence-corrected chi connectivity index (χ3v) is 4.60. The average Bonchev–Trinajstić information content (AvgIpc) is 2.51. The van der Waals surface area contributed by atoms with E-state index in [1.807, 2.05) is 0 Å². The molecule has 2 rings (SSSR count). The zero-order chi connectivity index (χ0) is 11.9. The zero-order valence-electron chi connectivity index (χ0n) is 9.29. The molecule has 1 unspecified atom stereocenters. The molecule has 0 spiro atoms. The van der Waals surface area contributed by atoms with E-state index in [0.29, 0.717) is 15.9 Å². The molecular weight excluding hydrogens is 246 g/mol. The first kappa shape index (κ1) is 11.9. The maximum absolute atomic E-state index is 11.1. The van der Waals surface area contributed by atoms with Gasteiger partial charge in [0.1, 0.15) is 4.34 Å². The van der Waals surface area contributed by atoms with Crippen molar-refractivity contribution < 1.29 is 9.90 Å². The number of carboxylic acids is 1. The maximum atomic E-state index is 11.1. The van der Waals surface area contributed by atoms with Gasteiger partial charge < -0.3 is 10.0 Å². The third kappa shape index (κ3) is 1.97. The zero-order valence-corrected chi connectivity index (χ0v) is 10.9. The third-order valence-electron chi connectivity index (χ3n) is 3.14. The molecule has 0 amide bonds. The van der Waals surface area contributed by atoms with Gasteiger partial charge in [0.05, 0.1) is 5.56 Å². The Balaban J connectivity index is 2.35. The molecule has 1 aliphatic carbocycles. The highest BCUT2D eigenvalue weighted by Crippen LogP contribution is 2.38. The fraction of sp³-hybridized carbons (Fsp3) is 0.545. The van der Waals surface area contributed by atoms with E-state index in [1.165, 1.54) is 11.3 Å². The molecule has 1 heterocycles. The number of thiophene rings is 1. The van der Waals surface area contributed by atoms with Crippen molar-refractivity contribution in [1.29, 1.82) is 0 Å². The van der Waals surface area contributed by atoms with E-state index in [-0.39, 0.29) is 0 Å². The summed E-state index contributed by atoms with van der Waals surface area (Å²) < 4.78 is 0.428. The molecule has 88 valence electrons. The topological polar surface area (TPSA) is 40.5 Å². The second kappa shape index (κ2) is 4.35. The fourth-order valence-electron chi connectivity index (χ4n) is 2.19. The minimum atomic E-state index is -0.897. The summed E-state index contributed by atoms with van der Waals surface area (Å²) in [4.78, 5) is 14.4. The van der Waals surface area contributed by atoms with Crippen LogP contribution in [0.25, 0.3) is 0 Å². The summed E-state index contributed by atoms with van der Waals surface area (Å²) in [6, 6.07) is 0.504. The number of likely N-dealkylation sites (N-methyl/N-ethyl adjacent to an activating group) is 1. The van der Waals surface area contributed by atoms with Crippen LogP contribution in [0.1, 0.15) is 27.2 Å². The lowest BCUT2D eigenvalue weighted by Gasteiger charge is -2.28. The number of fused-ring (bicyclic) bond motifs is 1. The van der Waals surface area contributed by atoms with Crippen LogP contribution < -0.4 is 0 Å². The summed E-state index contributed by atoms with van der Waals surface area (Å²) in [6.07, 6.45) is 2.75. The molecule has 1 N–H and O–H groups in total. The van der Waals surface area contributed by atoms with Gasteiger partial charge in [0.15, 0.2) is 0 Å². The van der Waals surface area contributed by atoms with Gasteiger partial charge in [0.2, 0.25) is 0 Å². The predicted octanol–water partition coefficient (Wildman–Crippen LogP) is 2.52. The molecule has 0 radical (unpaired) electrons. The number of nitrogens with zero attached hydrogens (tertiary/aromatic N) is 1. The van der Waals surface area contributed by atoms with Crippen molar-refractivity contribution in [3.63, 3.8) is 0 Å². The number of halogens is 1. The van der Waals surface area contributed by atoms with Gasteiger partial charge in [-0.05, 0) is 38.9 Å². The summed E-state index contributed by atoms with van der Waals surface area (Å²) in [7, 11) is 4.12. The van der Waals surface area contributed by atoms with Crippen LogP contribution in [0.15, 0.2) is 0 Å². The molecule has 1 aliphatic rings. The monoisotopic (exact) mass is 259 g/mol. The van der Waals surface area contributed by atoms with E-state index in [9.17, 15) is 4.79 Å². The Hall–Kier alpha value is -0.580. The number of hydrogen-bond acceptors (Lipinski definition) is 3. The highest BCUT2D eigenvalue weighted by atomic mass is 35.5. The van der Waals surface area contributed by atoms with Crippen LogP contribution in [0.3, 0.4) is 0 Å². The van der Waals surface area contributed by atoms with Crippen molar-refractivity contribution in [3.05, 3.63) is 20.3 Å². The summed E-state index contributed by atoms with van der Waals surface area (Å²) in [6.45, 7) is 0. The molecule has 1 aromatic rings. The standard InChI is InChI=1S/C11H14ClNO2S/c1-13(2)6-3-4-7-8(5-6)16-10(12)9(7)11(14)15/h6H,3-5H2,1-2H3,(H,14,15). The molecule has 5 heteroatoms. The summed E-state index contributed by atoms with van der Waals surface area (Å²) >= 11 is 7.41.